The summed E-state index contributed by atoms with van der Waals surface area (Å²) in [6.45, 7) is 4.93. The highest BCUT2D eigenvalue weighted by Gasteiger charge is 2.33. The number of fused-ring (bicyclic) bond motifs is 1. The molecule has 2 aromatic heterocycles. The van der Waals surface area contributed by atoms with E-state index in [1.54, 1.807) is 45.0 Å². The quantitative estimate of drug-likeness (QED) is 0.344. The van der Waals surface area contributed by atoms with Crippen molar-refractivity contribution in [3.63, 3.8) is 0 Å². The van der Waals surface area contributed by atoms with E-state index in [9.17, 15) is 18.0 Å². The first-order valence-electron chi connectivity index (χ1n) is 10.8. The van der Waals surface area contributed by atoms with E-state index in [2.05, 4.69) is 15.0 Å². The molecule has 4 rings (SSSR count). The molecular formula is C25H22F3N5O3. The van der Waals surface area contributed by atoms with E-state index in [0.717, 1.165) is 28.7 Å². The van der Waals surface area contributed by atoms with Gasteiger partial charge >= 0.3 is 12.3 Å². The number of halogens is 3. The fourth-order valence-corrected chi connectivity index (χ4v) is 3.30. The molecular weight excluding hydrogens is 475 g/mol. The summed E-state index contributed by atoms with van der Waals surface area (Å²) >= 11 is 0. The van der Waals surface area contributed by atoms with Crippen LogP contribution in [-0.2, 0) is 10.9 Å². The number of hydrogen-bond acceptors (Lipinski definition) is 7. The van der Waals surface area contributed by atoms with Gasteiger partial charge in [-0.3, -0.25) is 0 Å². The lowest BCUT2D eigenvalue weighted by Gasteiger charge is -2.27. The summed E-state index contributed by atoms with van der Waals surface area (Å²) in [5.74, 6) is 0.605. The maximum atomic E-state index is 13.4. The third kappa shape index (κ3) is 5.62. The second-order valence-corrected chi connectivity index (χ2v) is 8.74. The van der Waals surface area contributed by atoms with E-state index < -0.39 is 23.4 Å². The van der Waals surface area contributed by atoms with Crippen LogP contribution in [0.3, 0.4) is 0 Å². The molecule has 0 spiro atoms. The van der Waals surface area contributed by atoms with Crippen LogP contribution in [0.25, 0.3) is 10.9 Å². The number of amides is 1. The highest BCUT2D eigenvalue weighted by Crippen LogP contribution is 2.35. The number of benzene rings is 2. The van der Waals surface area contributed by atoms with Gasteiger partial charge in [0.2, 0.25) is 5.88 Å². The van der Waals surface area contributed by atoms with Gasteiger partial charge in [-0.15, -0.1) is 0 Å². The molecule has 0 aliphatic heterocycles. The molecule has 2 N–H and O–H groups in total. The summed E-state index contributed by atoms with van der Waals surface area (Å²) < 4.78 is 51.5. The molecule has 0 saturated heterocycles. The highest BCUT2D eigenvalue weighted by molar-refractivity contribution is 5.95. The first kappa shape index (κ1) is 24.7. The molecule has 8 nitrogen and oxygen atoms in total. The number of pyridine rings is 1. The van der Waals surface area contributed by atoms with Crippen molar-refractivity contribution in [2.75, 3.05) is 10.6 Å². The summed E-state index contributed by atoms with van der Waals surface area (Å²) in [5, 5.41) is 0.773. The minimum atomic E-state index is -4.61. The number of alkyl halides is 3. The van der Waals surface area contributed by atoms with E-state index in [4.69, 9.17) is 15.2 Å². The lowest BCUT2D eigenvalue weighted by molar-refractivity contribution is -0.137. The number of carbonyl (C=O) groups excluding carboxylic acids is 1. The number of aromatic nitrogens is 3. The van der Waals surface area contributed by atoms with Gasteiger partial charge in [0.15, 0.2) is 5.75 Å². The second-order valence-electron chi connectivity index (χ2n) is 8.74. The summed E-state index contributed by atoms with van der Waals surface area (Å²) in [5.41, 5.74) is 4.35. The summed E-state index contributed by atoms with van der Waals surface area (Å²) in [6.07, 6.45) is -4.41. The van der Waals surface area contributed by atoms with Crippen LogP contribution in [0.2, 0.25) is 0 Å². The third-order valence-electron chi connectivity index (χ3n) is 4.78. The van der Waals surface area contributed by atoms with Gasteiger partial charge in [-0.05, 0) is 57.2 Å². The average molecular weight is 497 g/mol. The molecule has 4 aromatic rings. The van der Waals surface area contributed by atoms with E-state index >= 15 is 0 Å². The Balaban J connectivity index is 1.76. The number of anilines is 3. The Labute approximate surface area is 204 Å². The largest absolute Gasteiger partial charge is 0.443 e. The SMILES string of the molecule is CC(C)(C)OC(=O)N(c1cccc(C(F)(F)F)c1)c1cc(Oc2cccc3ccc(N)nc23)ncn1. The number of hydrogen-bond donors (Lipinski definition) is 1. The molecule has 186 valence electrons. The van der Waals surface area contributed by atoms with Gasteiger partial charge in [-0.2, -0.15) is 13.2 Å². The van der Waals surface area contributed by atoms with Gasteiger partial charge in [-0.25, -0.2) is 24.6 Å². The van der Waals surface area contributed by atoms with Crippen molar-refractivity contribution in [1.82, 2.24) is 15.0 Å². The van der Waals surface area contributed by atoms with E-state index in [-0.39, 0.29) is 17.4 Å². The highest BCUT2D eigenvalue weighted by atomic mass is 19.4. The van der Waals surface area contributed by atoms with Crippen molar-refractivity contribution < 1.29 is 27.4 Å². The maximum Gasteiger partial charge on any atom is 0.420 e. The van der Waals surface area contributed by atoms with Crippen molar-refractivity contribution in [2.45, 2.75) is 32.5 Å². The van der Waals surface area contributed by atoms with Gasteiger partial charge in [0.1, 0.15) is 29.1 Å². The number of nitrogens with two attached hydrogens (primary N) is 1. The van der Waals surface area contributed by atoms with Crippen LogP contribution in [0, 0.1) is 0 Å². The van der Waals surface area contributed by atoms with Crippen molar-refractivity contribution in [3.8, 4) is 11.6 Å². The summed E-state index contributed by atoms with van der Waals surface area (Å²) in [4.78, 5) is 26.5. The molecule has 2 aromatic carbocycles. The molecule has 0 radical (unpaired) electrons. The van der Waals surface area contributed by atoms with Crippen molar-refractivity contribution in [2.24, 2.45) is 0 Å². The molecule has 0 fully saturated rings. The number of carbonyl (C=O) groups is 1. The van der Waals surface area contributed by atoms with Crippen LogP contribution < -0.4 is 15.4 Å². The topological polar surface area (TPSA) is 103 Å². The van der Waals surface area contributed by atoms with Gasteiger partial charge in [0, 0.05) is 11.5 Å². The van der Waals surface area contributed by atoms with E-state index in [0.29, 0.717) is 17.1 Å². The number of rotatable bonds is 4. The predicted octanol–water partition coefficient (Wildman–Crippen LogP) is 6.49. The van der Waals surface area contributed by atoms with Gasteiger partial charge in [0.05, 0.1) is 11.3 Å². The molecule has 11 heteroatoms. The monoisotopic (exact) mass is 497 g/mol. The number of para-hydroxylation sites is 1. The number of ether oxygens (including phenoxy) is 2. The Hall–Kier alpha value is -4.41. The fourth-order valence-electron chi connectivity index (χ4n) is 3.30. The van der Waals surface area contributed by atoms with Crippen molar-refractivity contribution in [1.29, 1.82) is 0 Å². The average Bonchev–Trinajstić information content (AvgIpc) is 2.78. The normalized spacial score (nSPS) is 11.8. The molecule has 0 saturated carbocycles. The van der Waals surface area contributed by atoms with Crippen LogP contribution in [0.5, 0.6) is 11.6 Å². The summed E-state index contributed by atoms with van der Waals surface area (Å²) in [7, 11) is 0. The number of nitrogens with zero attached hydrogens (tertiary/aromatic N) is 4. The second kappa shape index (κ2) is 9.33. The zero-order valence-corrected chi connectivity index (χ0v) is 19.6. The van der Waals surface area contributed by atoms with E-state index in [1.165, 1.54) is 18.2 Å². The molecule has 36 heavy (non-hydrogen) atoms. The zero-order valence-electron chi connectivity index (χ0n) is 19.6. The smallest absolute Gasteiger partial charge is 0.420 e. The van der Waals surface area contributed by atoms with Crippen molar-refractivity contribution in [3.05, 3.63) is 72.6 Å². The molecule has 2 heterocycles. The Morgan fingerprint density at radius 2 is 1.72 bits per heavy atom. The third-order valence-corrected chi connectivity index (χ3v) is 4.78. The lowest BCUT2D eigenvalue weighted by Crippen LogP contribution is -2.34. The minimum absolute atomic E-state index is 0.0252. The van der Waals surface area contributed by atoms with Crippen LogP contribution in [0.4, 0.5) is 35.3 Å². The van der Waals surface area contributed by atoms with Crippen LogP contribution in [0.15, 0.2) is 67.0 Å². The van der Waals surface area contributed by atoms with Crippen LogP contribution in [-0.4, -0.2) is 26.6 Å². The Kier molecular flexibility index (Phi) is 6.40. The summed E-state index contributed by atoms with van der Waals surface area (Å²) in [6, 6.07) is 14.3. The standard InChI is InChI=1S/C25H22F3N5O3/c1-24(2,3)36-23(34)33(17-8-5-7-16(12-17)25(26,27)28)20-13-21(31-14-30-20)35-18-9-4-6-15-10-11-19(29)32-22(15)18/h4-14H,1-3H3,(H2,29,32). The molecule has 0 atom stereocenters. The van der Waals surface area contributed by atoms with Crippen LogP contribution >= 0.6 is 0 Å². The fraction of sp³-hybridized carbons (Fsp3) is 0.200. The predicted molar refractivity (Wildman–Crippen MR) is 128 cm³/mol. The first-order valence-corrected chi connectivity index (χ1v) is 10.8. The maximum absolute atomic E-state index is 13.4. The van der Waals surface area contributed by atoms with E-state index in [1.807, 2.05) is 6.07 Å². The Morgan fingerprint density at radius 1 is 0.972 bits per heavy atom. The number of nitrogen functional groups attached to an aromatic ring is 1. The Morgan fingerprint density at radius 3 is 2.44 bits per heavy atom. The lowest BCUT2D eigenvalue weighted by atomic mass is 10.1. The molecule has 0 aliphatic rings. The van der Waals surface area contributed by atoms with Crippen molar-refractivity contribution >= 4 is 34.3 Å². The zero-order chi connectivity index (χ0) is 26.1. The van der Waals surface area contributed by atoms with Gasteiger partial charge in [-0.1, -0.05) is 18.2 Å². The Bertz CT molecular complexity index is 1420. The molecule has 0 bridgehead atoms. The van der Waals surface area contributed by atoms with Gasteiger partial charge in [0.25, 0.3) is 0 Å². The molecule has 1 amide bonds. The van der Waals surface area contributed by atoms with Crippen LogP contribution in [0.1, 0.15) is 26.3 Å². The minimum Gasteiger partial charge on any atom is -0.443 e. The molecule has 0 unspecified atom stereocenters. The molecule has 0 aliphatic carbocycles. The van der Waals surface area contributed by atoms with Gasteiger partial charge < -0.3 is 15.2 Å². The first-order chi connectivity index (χ1) is 16.9.